The molecule has 2 aromatic rings. The number of nitrogens with one attached hydrogen (secondary N) is 1. The van der Waals surface area contributed by atoms with Gasteiger partial charge >= 0.3 is 0 Å². The lowest BCUT2D eigenvalue weighted by Crippen LogP contribution is -2.33. The molecule has 4 nitrogen and oxygen atoms in total. The van der Waals surface area contributed by atoms with Gasteiger partial charge in [-0.2, -0.15) is 0 Å². The molecule has 0 spiro atoms. The summed E-state index contributed by atoms with van der Waals surface area (Å²) in [6, 6.07) is 8.05. The number of hydrogen-bond donors (Lipinski definition) is 1. The van der Waals surface area contributed by atoms with Gasteiger partial charge in [0.15, 0.2) is 5.78 Å². The molecule has 0 fully saturated rings. The molecule has 25 heavy (non-hydrogen) atoms. The van der Waals surface area contributed by atoms with Crippen LogP contribution in [0.1, 0.15) is 63.7 Å². The van der Waals surface area contributed by atoms with Crippen LogP contribution in [-0.4, -0.2) is 22.3 Å². The second-order valence-electron chi connectivity index (χ2n) is 7.35. The van der Waals surface area contributed by atoms with Crippen LogP contribution in [0.5, 0.6) is 0 Å². The van der Waals surface area contributed by atoms with Crippen LogP contribution in [0.3, 0.4) is 0 Å². The minimum absolute atomic E-state index is 0.0539. The predicted octanol–water partition coefficient (Wildman–Crippen LogP) is 4.57. The Hall–Kier alpha value is -2.10. The highest BCUT2D eigenvalue weighted by molar-refractivity contribution is 6.06. The number of rotatable bonds is 9. The standard InChI is InChI=1S/C21H30N2O2/c1-15(2)8-7-9-16(3)22-21(25)12-13-23-14-19(17(4)24)18-10-5-6-11-20(18)23/h5-6,10-11,14-16H,7-9,12-13H2,1-4H3,(H,22,25)/t16-/m0/s1. The summed E-state index contributed by atoms with van der Waals surface area (Å²) < 4.78 is 2.01. The van der Waals surface area contributed by atoms with Crippen molar-refractivity contribution in [3.63, 3.8) is 0 Å². The maximum absolute atomic E-state index is 12.2. The van der Waals surface area contributed by atoms with E-state index in [-0.39, 0.29) is 17.7 Å². The summed E-state index contributed by atoms with van der Waals surface area (Å²) in [6.45, 7) is 8.67. The number of Topliss-reactive ketones (excluding diaryl/α,β-unsaturated/α-hetero) is 1. The number of nitrogens with zero attached hydrogens (tertiary/aromatic N) is 1. The zero-order valence-electron chi connectivity index (χ0n) is 15.8. The van der Waals surface area contributed by atoms with Gasteiger partial charge in [0.2, 0.25) is 5.91 Å². The van der Waals surface area contributed by atoms with Gasteiger partial charge in [0.1, 0.15) is 0 Å². The smallest absolute Gasteiger partial charge is 0.221 e. The summed E-state index contributed by atoms with van der Waals surface area (Å²) in [4.78, 5) is 24.0. The van der Waals surface area contributed by atoms with E-state index in [1.54, 1.807) is 6.92 Å². The largest absolute Gasteiger partial charge is 0.354 e. The molecule has 0 aliphatic rings. The van der Waals surface area contributed by atoms with Crippen molar-refractivity contribution in [2.24, 2.45) is 5.92 Å². The lowest BCUT2D eigenvalue weighted by atomic mass is 10.0. The van der Waals surface area contributed by atoms with Crippen LogP contribution in [-0.2, 0) is 11.3 Å². The SMILES string of the molecule is CC(=O)c1cn(CCC(=O)N[C@@H](C)CCCC(C)C)c2ccccc12. The van der Waals surface area contributed by atoms with Crippen LogP contribution in [0.25, 0.3) is 10.9 Å². The fourth-order valence-electron chi connectivity index (χ4n) is 3.19. The summed E-state index contributed by atoms with van der Waals surface area (Å²) in [7, 11) is 0. The number of ketones is 1. The Kier molecular flexibility index (Phi) is 6.80. The maximum Gasteiger partial charge on any atom is 0.221 e. The number of aryl methyl sites for hydroxylation is 1. The van der Waals surface area contributed by atoms with Gasteiger partial charge in [-0.1, -0.05) is 44.9 Å². The Morgan fingerprint density at radius 3 is 2.52 bits per heavy atom. The van der Waals surface area contributed by atoms with E-state index in [0.717, 1.165) is 29.3 Å². The number of carbonyl (C=O) groups is 2. The molecule has 0 unspecified atom stereocenters. The second kappa shape index (κ2) is 8.84. The van der Waals surface area contributed by atoms with Crippen molar-refractivity contribution in [2.45, 2.75) is 66.0 Å². The van der Waals surface area contributed by atoms with E-state index >= 15 is 0 Å². The quantitative estimate of drug-likeness (QED) is 0.679. The van der Waals surface area contributed by atoms with Gasteiger partial charge in [0.05, 0.1) is 0 Å². The first kappa shape index (κ1) is 19.2. The highest BCUT2D eigenvalue weighted by atomic mass is 16.1. The van der Waals surface area contributed by atoms with Crippen molar-refractivity contribution in [2.75, 3.05) is 0 Å². The van der Waals surface area contributed by atoms with E-state index in [0.29, 0.717) is 18.9 Å². The van der Waals surface area contributed by atoms with E-state index in [1.807, 2.05) is 35.0 Å². The molecule has 1 aromatic carbocycles. The molecule has 1 heterocycles. The third-order valence-corrected chi connectivity index (χ3v) is 4.57. The van der Waals surface area contributed by atoms with Gasteiger partial charge in [0.25, 0.3) is 0 Å². The zero-order valence-corrected chi connectivity index (χ0v) is 15.8. The summed E-state index contributed by atoms with van der Waals surface area (Å²) in [5.41, 5.74) is 1.73. The van der Waals surface area contributed by atoms with E-state index in [2.05, 4.69) is 26.1 Å². The van der Waals surface area contributed by atoms with Crippen LogP contribution in [0.15, 0.2) is 30.5 Å². The van der Waals surface area contributed by atoms with Crippen LogP contribution in [0.2, 0.25) is 0 Å². The van der Waals surface area contributed by atoms with Gasteiger partial charge in [-0.15, -0.1) is 0 Å². The average Bonchev–Trinajstić information content (AvgIpc) is 2.91. The summed E-state index contributed by atoms with van der Waals surface area (Å²) in [6.07, 6.45) is 5.65. The number of aromatic nitrogens is 1. The summed E-state index contributed by atoms with van der Waals surface area (Å²) in [5.74, 6) is 0.831. The van der Waals surface area contributed by atoms with Crippen molar-refractivity contribution in [3.05, 3.63) is 36.0 Å². The Balaban J connectivity index is 1.92. The van der Waals surface area contributed by atoms with Crippen molar-refractivity contribution >= 4 is 22.6 Å². The molecule has 2 rings (SSSR count). The minimum atomic E-state index is 0.0539. The number of hydrogen-bond acceptors (Lipinski definition) is 2. The number of carbonyl (C=O) groups excluding carboxylic acids is 2. The maximum atomic E-state index is 12.2. The van der Waals surface area contributed by atoms with Crippen LogP contribution in [0, 0.1) is 5.92 Å². The van der Waals surface area contributed by atoms with Gasteiger partial charge in [-0.25, -0.2) is 0 Å². The number of amides is 1. The second-order valence-corrected chi connectivity index (χ2v) is 7.35. The monoisotopic (exact) mass is 342 g/mol. The fraction of sp³-hybridized carbons (Fsp3) is 0.524. The van der Waals surface area contributed by atoms with Crippen molar-refractivity contribution in [3.8, 4) is 0 Å². The third kappa shape index (κ3) is 5.45. The van der Waals surface area contributed by atoms with E-state index in [9.17, 15) is 9.59 Å². The van der Waals surface area contributed by atoms with Crippen molar-refractivity contribution < 1.29 is 9.59 Å². The lowest BCUT2D eigenvalue weighted by Gasteiger charge is -2.15. The molecule has 1 atom stereocenters. The average molecular weight is 342 g/mol. The van der Waals surface area contributed by atoms with Gasteiger partial charge in [-0.3, -0.25) is 9.59 Å². The van der Waals surface area contributed by atoms with Crippen LogP contribution >= 0.6 is 0 Å². The Morgan fingerprint density at radius 2 is 1.84 bits per heavy atom. The molecule has 1 aromatic heterocycles. The molecule has 4 heteroatoms. The number of para-hydroxylation sites is 1. The fourth-order valence-corrected chi connectivity index (χ4v) is 3.19. The zero-order chi connectivity index (χ0) is 18.4. The van der Waals surface area contributed by atoms with E-state index < -0.39 is 0 Å². The molecule has 0 bridgehead atoms. The van der Waals surface area contributed by atoms with Crippen molar-refractivity contribution in [1.82, 2.24) is 9.88 Å². The first-order valence-electron chi connectivity index (χ1n) is 9.26. The Labute approximate surface area is 150 Å². The summed E-state index contributed by atoms with van der Waals surface area (Å²) in [5, 5.41) is 4.04. The van der Waals surface area contributed by atoms with Crippen LogP contribution in [0.4, 0.5) is 0 Å². The molecule has 0 saturated heterocycles. The first-order valence-corrected chi connectivity index (χ1v) is 9.26. The predicted molar refractivity (Wildman–Crippen MR) is 103 cm³/mol. The molecule has 1 N–H and O–H groups in total. The molecule has 0 radical (unpaired) electrons. The highest BCUT2D eigenvalue weighted by Crippen LogP contribution is 2.22. The highest BCUT2D eigenvalue weighted by Gasteiger charge is 2.13. The number of fused-ring (bicyclic) bond motifs is 1. The molecule has 0 aliphatic carbocycles. The Bertz CT molecular complexity index is 731. The molecular formula is C21H30N2O2. The van der Waals surface area contributed by atoms with Gasteiger partial charge in [0, 0.05) is 41.7 Å². The van der Waals surface area contributed by atoms with E-state index in [1.165, 1.54) is 6.42 Å². The molecule has 0 saturated carbocycles. The van der Waals surface area contributed by atoms with Gasteiger partial charge < -0.3 is 9.88 Å². The molecular weight excluding hydrogens is 312 g/mol. The van der Waals surface area contributed by atoms with E-state index in [4.69, 9.17) is 0 Å². The topological polar surface area (TPSA) is 51.1 Å². The minimum Gasteiger partial charge on any atom is -0.354 e. The molecule has 0 aliphatic heterocycles. The number of benzene rings is 1. The molecule has 136 valence electrons. The third-order valence-electron chi connectivity index (χ3n) is 4.57. The summed E-state index contributed by atoms with van der Waals surface area (Å²) >= 11 is 0. The van der Waals surface area contributed by atoms with Crippen LogP contribution < -0.4 is 5.32 Å². The molecule has 1 amide bonds. The normalized spacial score (nSPS) is 12.5. The van der Waals surface area contributed by atoms with Crippen molar-refractivity contribution in [1.29, 1.82) is 0 Å². The van der Waals surface area contributed by atoms with Gasteiger partial charge in [-0.05, 0) is 32.3 Å². The lowest BCUT2D eigenvalue weighted by molar-refractivity contribution is -0.121. The Morgan fingerprint density at radius 1 is 1.12 bits per heavy atom. The first-order chi connectivity index (χ1) is 11.9.